The van der Waals surface area contributed by atoms with Gasteiger partial charge in [-0.1, -0.05) is 30.3 Å². The third-order valence-corrected chi connectivity index (χ3v) is 3.33. The zero-order valence-corrected chi connectivity index (χ0v) is 12.2. The van der Waals surface area contributed by atoms with Crippen LogP contribution in [-0.4, -0.2) is 30.1 Å². The van der Waals surface area contributed by atoms with Crippen LogP contribution in [-0.2, 0) is 9.47 Å². The van der Waals surface area contributed by atoms with Crippen LogP contribution >= 0.6 is 0 Å². The van der Waals surface area contributed by atoms with Crippen molar-refractivity contribution >= 4 is 11.9 Å². The van der Waals surface area contributed by atoms with Crippen molar-refractivity contribution in [3.8, 4) is 0 Å². The molecule has 5 heteroatoms. The van der Waals surface area contributed by atoms with Gasteiger partial charge in [0.25, 0.3) is 0 Å². The number of aliphatic imine (C=N–C) groups is 1. The van der Waals surface area contributed by atoms with E-state index in [1.165, 1.54) is 6.20 Å². The highest BCUT2D eigenvalue weighted by Gasteiger charge is 2.22. The molecule has 0 saturated heterocycles. The average Bonchev–Trinajstić information content (AvgIpc) is 3.06. The van der Waals surface area contributed by atoms with Gasteiger partial charge in [0, 0.05) is 6.20 Å². The van der Waals surface area contributed by atoms with E-state index in [1.807, 2.05) is 30.3 Å². The Bertz CT molecular complexity index is 681. The molecule has 0 amide bonds. The third-order valence-electron chi connectivity index (χ3n) is 3.33. The highest BCUT2D eigenvalue weighted by molar-refractivity contribution is 5.95. The second-order valence-corrected chi connectivity index (χ2v) is 4.82. The molecule has 22 heavy (non-hydrogen) atoms. The Morgan fingerprint density at radius 1 is 1.27 bits per heavy atom. The first-order chi connectivity index (χ1) is 10.8. The van der Waals surface area contributed by atoms with Crippen molar-refractivity contribution in [3.05, 3.63) is 65.5 Å². The predicted octanol–water partition coefficient (Wildman–Crippen LogP) is 2.78. The molecule has 1 aromatic heterocycles. The van der Waals surface area contributed by atoms with Crippen molar-refractivity contribution in [2.24, 2.45) is 4.99 Å². The van der Waals surface area contributed by atoms with Gasteiger partial charge in [0.15, 0.2) is 0 Å². The maximum atomic E-state index is 11.6. The highest BCUT2D eigenvalue weighted by atomic mass is 16.5. The first-order valence-corrected chi connectivity index (χ1v) is 7.17. The maximum absolute atomic E-state index is 11.6. The van der Waals surface area contributed by atoms with Gasteiger partial charge in [-0.15, -0.1) is 0 Å². The lowest BCUT2D eigenvalue weighted by Crippen LogP contribution is -2.08. The number of pyridine rings is 1. The largest absolute Gasteiger partial charge is 0.474 e. The summed E-state index contributed by atoms with van der Waals surface area (Å²) in [6.07, 6.45) is 1.48. The SMILES string of the molecule is CCOC(=O)c1ccc(C2=N[C@H](c3ccccc3)CO2)nc1. The third kappa shape index (κ3) is 2.98. The van der Waals surface area contributed by atoms with Gasteiger partial charge in [0.1, 0.15) is 18.3 Å². The highest BCUT2D eigenvalue weighted by Crippen LogP contribution is 2.24. The second-order valence-electron chi connectivity index (χ2n) is 4.82. The van der Waals surface area contributed by atoms with Crippen LogP contribution in [0.1, 0.15) is 34.6 Å². The number of aromatic nitrogens is 1. The fraction of sp³-hybridized carbons (Fsp3) is 0.235. The molecule has 1 aliphatic rings. The summed E-state index contributed by atoms with van der Waals surface area (Å²) in [6, 6.07) is 13.4. The van der Waals surface area contributed by atoms with Gasteiger partial charge < -0.3 is 9.47 Å². The molecule has 2 aromatic rings. The number of carbonyl (C=O) groups excluding carboxylic acids is 1. The molecular formula is C17H16N2O3. The molecule has 1 aliphatic heterocycles. The molecule has 0 saturated carbocycles. The standard InChI is InChI=1S/C17H16N2O3/c1-2-21-17(20)13-8-9-14(18-10-13)16-19-15(11-22-16)12-6-4-3-5-7-12/h3-10,15H,2,11H2,1H3/t15-/m0/s1. The van der Waals surface area contributed by atoms with Gasteiger partial charge >= 0.3 is 5.97 Å². The van der Waals surface area contributed by atoms with Gasteiger partial charge in [-0.3, -0.25) is 4.98 Å². The van der Waals surface area contributed by atoms with Crippen LogP contribution in [0.2, 0.25) is 0 Å². The molecule has 0 aliphatic carbocycles. The molecule has 1 atom stereocenters. The van der Waals surface area contributed by atoms with Crippen LogP contribution in [0, 0.1) is 0 Å². The summed E-state index contributed by atoms with van der Waals surface area (Å²) in [4.78, 5) is 20.4. The Kier molecular flexibility index (Phi) is 4.14. The first kappa shape index (κ1) is 14.3. The molecule has 3 rings (SSSR count). The summed E-state index contributed by atoms with van der Waals surface area (Å²) in [6.45, 7) is 2.61. The van der Waals surface area contributed by atoms with E-state index >= 15 is 0 Å². The van der Waals surface area contributed by atoms with Crippen molar-refractivity contribution in [2.45, 2.75) is 13.0 Å². The molecule has 0 bridgehead atoms. The van der Waals surface area contributed by atoms with Gasteiger partial charge in [0.05, 0.1) is 12.2 Å². The minimum Gasteiger partial charge on any atom is -0.474 e. The topological polar surface area (TPSA) is 60.8 Å². The van der Waals surface area contributed by atoms with Crippen molar-refractivity contribution < 1.29 is 14.3 Å². The number of ether oxygens (including phenoxy) is 2. The van der Waals surface area contributed by atoms with E-state index in [2.05, 4.69) is 9.98 Å². The normalized spacial score (nSPS) is 16.8. The Morgan fingerprint density at radius 3 is 2.77 bits per heavy atom. The fourth-order valence-electron chi connectivity index (χ4n) is 2.22. The van der Waals surface area contributed by atoms with E-state index in [0.717, 1.165) is 5.56 Å². The Labute approximate surface area is 128 Å². The van der Waals surface area contributed by atoms with Crippen molar-refractivity contribution in [2.75, 3.05) is 13.2 Å². The van der Waals surface area contributed by atoms with E-state index in [0.29, 0.717) is 30.4 Å². The van der Waals surface area contributed by atoms with Crippen LogP contribution in [0.25, 0.3) is 0 Å². The van der Waals surface area contributed by atoms with Gasteiger partial charge in [-0.25, -0.2) is 9.79 Å². The molecular weight excluding hydrogens is 280 g/mol. The maximum Gasteiger partial charge on any atom is 0.339 e. The number of hydrogen-bond donors (Lipinski definition) is 0. The summed E-state index contributed by atoms with van der Waals surface area (Å²) in [7, 11) is 0. The van der Waals surface area contributed by atoms with Crippen LogP contribution in [0.15, 0.2) is 53.7 Å². The van der Waals surface area contributed by atoms with E-state index in [9.17, 15) is 4.79 Å². The van der Waals surface area contributed by atoms with Crippen molar-refractivity contribution in [1.29, 1.82) is 0 Å². The molecule has 0 N–H and O–H groups in total. The Hall–Kier alpha value is -2.69. The summed E-state index contributed by atoms with van der Waals surface area (Å²) < 4.78 is 10.6. The summed E-state index contributed by atoms with van der Waals surface area (Å²) in [5, 5.41) is 0. The summed E-state index contributed by atoms with van der Waals surface area (Å²) >= 11 is 0. The lowest BCUT2D eigenvalue weighted by Gasteiger charge is -2.03. The average molecular weight is 296 g/mol. The number of carbonyl (C=O) groups is 1. The molecule has 0 unspecified atom stereocenters. The minimum atomic E-state index is -0.377. The van der Waals surface area contributed by atoms with E-state index in [-0.39, 0.29) is 12.0 Å². The van der Waals surface area contributed by atoms with Crippen LogP contribution < -0.4 is 0 Å². The molecule has 112 valence electrons. The zero-order chi connectivity index (χ0) is 15.4. The Balaban J connectivity index is 1.76. The van der Waals surface area contributed by atoms with E-state index in [4.69, 9.17) is 9.47 Å². The molecule has 0 radical (unpaired) electrons. The van der Waals surface area contributed by atoms with Crippen LogP contribution in [0.4, 0.5) is 0 Å². The number of esters is 1. The lowest BCUT2D eigenvalue weighted by atomic mass is 10.1. The Morgan fingerprint density at radius 2 is 2.09 bits per heavy atom. The fourth-order valence-corrected chi connectivity index (χ4v) is 2.22. The number of hydrogen-bond acceptors (Lipinski definition) is 5. The number of rotatable bonds is 4. The van der Waals surface area contributed by atoms with Gasteiger partial charge in [0.2, 0.25) is 5.90 Å². The first-order valence-electron chi connectivity index (χ1n) is 7.17. The molecule has 0 fully saturated rings. The quantitative estimate of drug-likeness (QED) is 0.814. The second kappa shape index (κ2) is 6.39. The smallest absolute Gasteiger partial charge is 0.339 e. The van der Waals surface area contributed by atoms with E-state index < -0.39 is 0 Å². The summed E-state index contributed by atoms with van der Waals surface area (Å²) in [5.41, 5.74) is 2.15. The monoisotopic (exact) mass is 296 g/mol. The predicted molar refractivity (Wildman–Crippen MR) is 81.9 cm³/mol. The van der Waals surface area contributed by atoms with E-state index in [1.54, 1.807) is 19.1 Å². The lowest BCUT2D eigenvalue weighted by molar-refractivity contribution is 0.0526. The summed E-state index contributed by atoms with van der Waals surface area (Å²) in [5.74, 6) is 0.127. The molecule has 0 spiro atoms. The van der Waals surface area contributed by atoms with Crippen molar-refractivity contribution in [1.82, 2.24) is 4.98 Å². The zero-order valence-electron chi connectivity index (χ0n) is 12.2. The number of nitrogens with zero attached hydrogens (tertiary/aromatic N) is 2. The van der Waals surface area contributed by atoms with Gasteiger partial charge in [-0.05, 0) is 24.6 Å². The van der Waals surface area contributed by atoms with Crippen LogP contribution in [0.5, 0.6) is 0 Å². The van der Waals surface area contributed by atoms with Crippen molar-refractivity contribution in [3.63, 3.8) is 0 Å². The van der Waals surface area contributed by atoms with Gasteiger partial charge in [-0.2, -0.15) is 0 Å². The minimum absolute atomic E-state index is 0.0114. The molecule has 2 heterocycles. The molecule has 1 aromatic carbocycles. The van der Waals surface area contributed by atoms with Crippen LogP contribution in [0.3, 0.4) is 0 Å². The number of benzene rings is 1. The molecule has 5 nitrogen and oxygen atoms in total.